The van der Waals surface area contributed by atoms with Gasteiger partial charge < -0.3 is 10.6 Å². The molecule has 1 aromatic heterocycles. The van der Waals surface area contributed by atoms with E-state index in [1.165, 1.54) is 6.26 Å². The van der Waals surface area contributed by atoms with Crippen molar-refractivity contribution in [1.29, 1.82) is 0 Å². The number of pyridine rings is 1. The molecule has 0 saturated carbocycles. The zero-order valence-corrected chi connectivity index (χ0v) is 12.8. The average molecular weight is 298 g/mol. The van der Waals surface area contributed by atoms with Gasteiger partial charge in [0.15, 0.2) is 0 Å². The van der Waals surface area contributed by atoms with Crippen molar-refractivity contribution >= 4 is 21.4 Å². The molecule has 0 radical (unpaired) electrons. The predicted octanol–water partition coefficient (Wildman–Crippen LogP) is 0.772. The molecule has 0 amide bonds. The maximum Gasteiger partial charge on any atom is 0.211 e. The fourth-order valence-electron chi connectivity index (χ4n) is 2.71. The molecule has 7 heteroatoms. The molecule has 1 unspecified atom stereocenters. The fourth-order valence-corrected chi connectivity index (χ4v) is 3.65. The molecule has 1 aliphatic heterocycles. The highest BCUT2D eigenvalue weighted by atomic mass is 32.2. The number of rotatable bonds is 4. The molecule has 1 aromatic rings. The van der Waals surface area contributed by atoms with Crippen molar-refractivity contribution in [3.05, 3.63) is 18.5 Å². The molecule has 1 atom stereocenters. The Morgan fingerprint density at radius 3 is 2.95 bits per heavy atom. The van der Waals surface area contributed by atoms with E-state index >= 15 is 0 Å². The maximum atomic E-state index is 11.6. The molecule has 0 bridgehead atoms. The van der Waals surface area contributed by atoms with E-state index in [0.717, 1.165) is 25.1 Å². The molecule has 20 heavy (non-hydrogen) atoms. The molecular formula is C13H22N4O2S. The summed E-state index contributed by atoms with van der Waals surface area (Å²) >= 11 is 0. The molecule has 1 fully saturated rings. The maximum absolute atomic E-state index is 11.6. The summed E-state index contributed by atoms with van der Waals surface area (Å²) in [6.45, 7) is 2.02. The number of hydrogen-bond donors (Lipinski definition) is 1. The molecule has 1 aliphatic rings. The highest BCUT2D eigenvalue weighted by molar-refractivity contribution is 7.88. The van der Waals surface area contributed by atoms with Crippen LogP contribution in [0.25, 0.3) is 0 Å². The first-order chi connectivity index (χ1) is 9.38. The van der Waals surface area contributed by atoms with E-state index in [1.54, 1.807) is 16.7 Å². The number of anilines is 2. The molecule has 2 N–H and O–H groups in total. The minimum Gasteiger partial charge on any atom is -0.396 e. The number of hydrogen-bond acceptors (Lipinski definition) is 5. The third kappa shape index (κ3) is 3.61. The molecule has 0 spiro atoms. The topological polar surface area (TPSA) is 79.5 Å². The fraction of sp³-hybridized carbons (Fsp3) is 0.615. The number of nitrogens with two attached hydrogens (primary N) is 1. The van der Waals surface area contributed by atoms with Crippen LogP contribution in [0, 0.1) is 5.92 Å². The van der Waals surface area contributed by atoms with Gasteiger partial charge in [-0.3, -0.25) is 4.98 Å². The van der Waals surface area contributed by atoms with Crippen LogP contribution < -0.4 is 10.6 Å². The van der Waals surface area contributed by atoms with Crippen molar-refractivity contribution in [2.45, 2.75) is 12.8 Å². The first-order valence-electron chi connectivity index (χ1n) is 6.73. The van der Waals surface area contributed by atoms with Crippen molar-refractivity contribution in [1.82, 2.24) is 9.29 Å². The number of nitrogen functional groups attached to an aromatic ring is 1. The molecular weight excluding hydrogens is 276 g/mol. The molecule has 2 heterocycles. The van der Waals surface area contributed by atoms with Crippen LogP contribution in [0.3, 0.4) is 0 Å². The number of nitrogens with zero attached hydrogens (tertiary/aromatic N) is 3. The second kappa shape index (κ2) is 5.97. The smallest absolute Gasteiger partial charge is 0.211 e. The SMILES string of the molecule is CN(CC1CCCN(S(C)(=O)=O)C1)c1ccncc1N. The van der Waals surface area contributed by atoms with Crippen molar-refractivity contribution in [3.8, 4) is 0 Å². The normalized spacial score (nSPS) is 20.8. The Bertz CT molecular complexity index is 561. The number of aromatic nitrogens is 1. The molecule has 0 aromatic carbocycles. The van der Waals surface area contributed by atoms with Gasteiger partial charge in [0.2, 0.25) is 10.0 Å². The summed E-state index contributed by atoms with van der Waals surface area (Å²) in [5, 5.41) is 0. The van der Waals surface area contributed by atoms with Gasteiger partial charge in [-0.15, -0.1) is 0 Å². The summed E-state index contributed by atoms with van der Waals surface area (Å²) in [4.78, 5) is 6.06. The number of piperidine rings is 1. The summed E-state index contributed by atoms with van der Waals surface area (Å²) in [6, 6.07) is 1.88. The lowest BCUT2D eigenvalue weighted by molar-refractivity contribution is 0.271. The van der Waals surface area contributed by atoms with Gasteiger partial charge in [0.1, 0.15) is 0 Å². The van der Waals surface area contributed by atoms with Crippen LogP contribution in [-0.2, 0) is 10.0 Å². The second-order valence-corrected chi connectivity index (χ2v) is 7.43. The first-order valence-corrected chi connectivity index (χ1v) is 8.58. The van der Waals surface area contributed by atoms with Crippen molar-refractivity contribution in [3.63, 3.8) is 0 Å². The Kier molecular flexibility index (Phi) is 4.49. The molecule has 2 rings (SSSR count). The van der Waals surface area contributed by atoms with E-state index in [2.05, 4.69) is 9.88 Å². The van der Waals surface area contributed by atoms with Crippen molar-refractivity contribution in [2.75, 3.05) is 43.6 Å². The van der Waals surface area contributed by atoms with Gasteiger partial charge in [-0.1, -0.05) is 0 Å². The van der Waals surface area contributed by atoms with E-state index in [4.69, 9.17) is 5.73 Å². The molecule has 1 saturated heterocycles. The van der Waals surface area contributed by atoms with Crippen molar-refractivity contribution < 1.29 is 8.42 Å². The van der Waals surface area contributed by atoms with Gasteiger partial charge in [0, 0.05) is 32.9 Å². The molecule has 112 valence electrons. The number of sulfonamides is 1. The Balaban J connectivity index is 2.01. The van der Waals surface area contributed by atoms with Crippen LogP contribution in [-0.4, -0.2) is 50.6 Å². The summed E-state index contributed by atoms with van der Waals surface area (Å²) in [5.74, 6) is 0.330. The summed E-state index contributed by atoms with van der Waals surface area (Å²) in [6.07, 6.45) is 6.58. The summed E-state index contributed by atoms with van der Waals surface area (Å²) in [5.41, 5.74) is 7.50. The Labute approximate surface area is 120 Å². The van der Waals surface area contributed by atoms with Crippen LogP contribution in [0.15, 0.2) is 18.5 Å². The Morgan fingerprint density at radius 2 is 2.30 bits per heavy atom. The third-order valence-corrected chi connectivity index (χ3v) is 4.99. The zero-order valence-electron chi connectivity index (χ0n) is 12.0. The Hall–Kier alpha value is -1.34. The van der Waals surface area contributed by atoms with E-state index < -0.39 is 10.0 Å². The van der Waals surface area contributed by atoms with E-state index in [1.807, 2.05) is 13.1 Å². The van der Waals surface area contributed by atoms with Crippen LogP contribution in [0.1, 0.15) is 12.8 Å². The van der Waals surface area contributed by atoms with Crippen LogP contribution in [0.4, 0.5) is 11.4 Å². The zero-order chi connectivity index (χ0) is 14.8. The lowest BCUT2D eigenvalue weighted by Gasteiger charge is -2.34. The van der Waals surface area contributed by atoms with Crippen LogP contribution in [0.2, 0.25) is 0 Å². The van der Waals surface area contributed by atoms with Gasteiger partial charge >= 0.3 is 0 Å². The van der Waals surface area contributed by atoms with Crippen LogP contribution >= 0.6 is 0 Å². The third-order valence-electron chi connectivity index (χ3n) is 3.72. The highest BCUT2D eigenvalue weighted by Gasteiger charge is 2.26. The molecule has 6 nitrogen and oxygen atoms in total. The van der Waals surface area contributed by atoms with Gasteiger partial charge in [-0.2, -0.15) is 0 Å². The van der Waals surface area contributed by atoms with Crippen molar-refractivity contribution in [2.24, 2.45) is 5.92 Å². The monoisotopic (exact) mass is 298 g/mol. The summed E-state index contributed by atoms with van der Waals surface area (Å²) in [7, 11) is -1.11. The standard InChI is InChI=1S/C13H22N4O2S/c1-16(13-5-6-15-8-12(13)14)9-11-4-3-7-17(10-11)20(2,18)19/h5-6,8,11H,3-4,7,9-10,14H2,1-2H3. The quantitative estimate of drug-likeness (QED) is 0.888. The van der Waals surface area contributed by atoms with Crippen LogP contribution in [0.5, 0.6) is 0 Å². The average Bonchev–Trinajstić information content (AvgIpc) is 2.38. The lowest BCUT2D eigenvalue weighted by atomic mass is 9.99. The summed E-state index contributed by atoms with van der Waals surface area (Å²) < 4.78 is 24.8. The van der Waals surface area contributed by atoms with E-state index in [-0.39, 0.29) is 0 Å². The highest BCUT2D eigenvalue weighted by Crippen LogP contribution is 2.24. The predicted molar refractivity (Wildman–Crippen MR) is 81.1 cm³/mol. The van der Waals surface area contributed by atoms with E-state index in [9.17, 15) is 8.42 Å². The van der Waals surface area contributed by atoms with Gasteiger partial charge in [-0.25, -0.2) is 12.7 Å². The largest absolute Gasteiger partial charge is 0.396 e. The minimum absolute atomic E-state index is 0.330. The van der Waals surface area contributed by atoms with Gasteiger partial charge in [-0.05, 0) is 24.8 Å². The Morgan fingerprint density at radius 1 is 1.55 bits per heavy atom. The first kappa shape index (κ1) is 15.1. The molecule has 0 aliphatic carbocycles. The minimum atomic E-state index is -3.09. The van der Waals surface area contributed by atoms with Gasteiger partial charge in [0.25, 0.3) is 0 Å². The second-order valence-electron chi connectivity index (χ2n) is 5.44. The van der Waals surface area contributed by atoms with E-state index in [0.29, 0.717) is 24.7 Å². The lowest BCUT2D eigenvalue weighted by Crippen LogP contribution is -2.42. The van der Waals surface area contributed by atoms with Gasteiger partial charge in [0.05, 0.1) is 23.8 Å².